The Balaban J connectivity index is 1.84. The van der Waals surface area contributed by atoms with Gasteiger partial charge in [-0.25, -0.2) is 4.39 Å². The van der Waals surface area contributed by atoms with Gasteiger partial charge in [-0.1, -0.05) is 6.08 Å². The molecule has 20 heavy (non-hydrogen) atoms. The van der Waals surface area contributed by atoms with Gasteiger partial charge >= 0.3 is 0 Å². The van der Waals surface area contributed by atoms with Gasteiger partial charge in [-0.3, -0.25) is 4.99 Å². The lowest BCUT2D eigenvalue weighted by atomic mass is 9.84. The van der Waals surface area contributed by atoms with Gasteiger partial charge in [0, 0.05) is 43.5 Å². The maximum atomic E-state index is 13.1. The van der Waals surface area contributed by atoms with Crippen LogP contribution in [0.3, 0.4) is 0 Å². The molecule has 2 aliphatic carbocycles. The van der Waals surface area contributed by atoms with Crippen molar-refractivity contribution in [2.24, 2.45) is 10.9 Å². The molecule has 0 spiro atoms. The fourth-order valence-corrected chi connectivity index (χ4v) is 3.06. The standard InChI is InChI=1S/C17H21FN2/c1-20(2)15-8-10-17-13(11-15)5-9-16(19-17)12-3-6-14(18)7-4-12/h3,6,8,10,13H,4-5,7,9,11H2,1-2H3. The summed E-state index contributed by atoms with van der Waals surface area (Å²) in [6.07, 6.45) is 12.4. The lowest BCUT2D eigenvalue weighted by Gasteiger charge is -2.30. The molecular formula is C17H21FN2. The van der Waals surface area contributed by atoms with Crippen LogP contribution in [-0.2, 0) is 0 Å². The van der Waals surface area contributed by atoms with Gasteiger partial charge in [-0.2, -0.15) is 0 Å². The zero-order valence-electron chi connectivity index (χ0n) is 12.2. The van der Waals surface area contributed by atoms with E-state index in [2.05, 4.69) is 31.1 Å². The highest BCUT2D eigenvalue weighted by molar-refractivity contribution is 6.01. The first-order valence-electron chi connectivity index (χ1n) is 7.34. The van der Waals surface area contributed by atoms with Crippen LogP contribution in [0.1, 0.15) is 32.1 Å². The molecule has 0 amide bonds. The Labute approximate surface area is 120 Å². The average molecular weight is 272 g/mol. The first-order valence-corrected chi connectivity index (χ1v) is 7.34. The van der Waals surface area contributed by atoms with Crippen LogP contribution in [0.15, 0.2) is 52.1 Å². The number of halogens is 1. The lowest BCUT2D eigenvalue weighted by Crippen LogP contribution is -2.22. The third-order valence-corrected chi connectivity index (χ3v) is 4.36. The van der Waals surface area contributed by atoms with Gasteiger partial charge in [0.25, 0.3) is 0 Å². The molecule has 0 saturated heterocycles. The molecule has 106 valence electrons. The SMILES string of the molecule is CN(C)C1=CC=C2N=C(C3=CC=C(F)CC3)CCC2C1. The van der Waals surface area contributed by atoms with Crippen molar-refractivity contribution < 1.29 is 4.39 Å². The zero-order chi connectivity index (χ0) is 14.1. The number of fused-ring (bicyclic) bond motifs is 1. The number of hydrogen-bond donors (Lipinski definition) is 0. The molecule has 1 unspecified atom stereocenters. The Hall–Kier alpha value is -1.64. The van der Waals surface area contributed by atoms with Crippen LogP contribution in [0.5, 0.6) is 0 Å². The van der Waals surface area contributed by atoms with Crippen molar-refractivity contribution in [1.82, 2.24) is 4.90 Å². The van der Waals surface area contributed by atoms with Gasteiger partial charge in [0.1, 0.15) is 5.83 Å². The molecule has 0 fully saturated rings. The number of allylic oxidation sites excluding steroid dienone is 8. The highest BCUT2D eigenvalue weighted by atomic mass is 19.1. The maximum Gasteiger partial charge on any atom is 0.100 e. The molecule has 0 N–H and O–H groups in total. The first-order chi connectivity index (χ1) is 9.63. The van der Waals surface area contributed by atoms with E-state index in [1.807, 2.05) is 6.08 Å². The van der Waals surface area contributed by atoms with Crippen LogP contribution in [-0.4, -0.2) is 24.7 Å². The Morgan fingerprint density at radius 2 is 1.95 bits per heavy atom. The fraction of sp³-hybridized carbons (Fsp3) is 0.471. The van der Waals surface area contributed by atoms with E-state index in [0.717, 1.165) is 31.4 Å². The summed E-state index contributed by atoms with van der Waals surface area (Å²) in [5.41, 5.74) is 4.96. The number of nitrogens with zero attached hydrogens (tertiary/aromatic N) is 2. The summed E-state index contributed by atoms with van der Waals surface area (Å²) in [6, 6.07) is 0. The summed E-state index contributed by atoms with van der Waals surface area (Å²) >= 11 is 0. The molecule has 0 aromatic carbocycles. The second kappa shape index (κ2) is 5.39. The van der Waals surface area contributed by atoms with Crippen molar-refractivity contribution in [1.29, 1.82) is 0 Å². The summed E-state index contributed by atoms with van der Waals surface area (Å²) in [5.74, 6) is 0.538. The topological polar surface area (TPSA) is 15.6 Å². The maximum absolute atomic E-state index is 13.1. The summed E-state index contributed by atoms with van der Waals surface area (Å²) in [6.45, 7) is 0. The van der Waals surface area contributed by atoms with Crippen molar-refractivity contribution in [3.05, 3.63) is 47.1 Å². The summed E-state index contributed by atoms with van der Waals surface area (Å²) < 4.78 is 13.1. The van der Waals surface area contributed by atoms with Crippen LogP contribution < -0.4 is 0 Å². The highest BCUT2D eigenvalue weighted by Crippen LogP contribution is 2.36. The van der Waals surface area contributed by atoms with Crippen LogP contribution in [0.25, 0.3) is 0 Å². The van der Waals surface area contributed by atoms with Gasteiger partial charge in [-0.05, 0) is 49.5 Å². The van der Waals surface area contributed by atoms with Crippen molar-refractivity contribution in [2.75, 3.05) is 14.1 Å². The fourth-order valence-electron chi connectivity index (χ4n) is 3.06. The second-order valence-electron chi connectivity index (χ2n) is 5.95. The van der Waals surface area contributed by atoms with E-state index < -0.39 is 0 Å². The third kappa shape index (κ3) is 2.62. The highest BCUT2D eigenvalue weighted by Gasteiger charge is 2.26. The number of hydrogen-bond acceptors (Lipinski definition) is 2. The molecule has 1 heterocycles. The predicted molar refractivity (Wildman–Crippen MR) is 81.1 cm³/mol. The van der Waals surface area contributed by atoms with Gasteiger partial charge < -0.3 is 4.90 Å². The summed E-state index contributed by atoms with van der Waals surface area (Å²) in [4.78, 5) is 7.03. The van der Waals surface area contributed by atoms with E-state index in [0.29, 0.717) is 12.3 Å². The smallest absolute Gasteiger partial charge is 0.100 e. The molecule has 0 saturated carbocycles. The lowest BCUT2D eigenvalue weighted by molar-refractivity contribution is 0.428. The number of rotatable bonds is 2. The van der Waals surface area contributed by atoms with Crippen molar-refractivity contribution >= 4 is 5.71 Å². The van der Waals surface area contributed by atoms with Crippen molar-refractivity contribution in [2.45, 2.75) is 32.1 Å². The Morgan fingerprint density at radius 1 is 1.10 bits per heavy atom. The molecule has 2 nitrogen and oxygen atoms in total. The minimum Gasteiger partial charge on any atom is -0.381 e. The van der Waals surface area contributed by atoms with E-state index in [4.69, 9.17) is 4.99 Å². The molecule has 1 atom stereocenters. The van der Waals surface area contributed by atoms with Gasteiger partial charge in [0.15, 0.2) is 0 Å². The van der Waals surface area contributed by atoms with Crippen LogP contribution in [0, 0.1) is 5.92 Å². The molecule has 0 aromatic heterocycles. The van der Waals surface area contributed by atoms with E-state index in [1.54, 1.807) is 6.08 Å². The Morgan fingerprint density at radius 3 is 2.65 bits per heavy atom. The summed E-state index contributed by atoms with van der Waals surface area (Å²) in [5, 5.41) is 0. The molecule has 3 rings (SSSR count). The van der Waals surface area contributed by atoms with E-state index in [9.17, 15) is 4.39 Å². The predicted octanol–water partition coefficient (Wildman–Crippen LogP) is 4.14. The molecule has 0 bridgehead atoms. The molecule has 3 heteroatoms. The molecule has 3 aliphatic rings. The first kappa shape index (κ1) is 13.3. The summed E-state index contributed by atoms with van der Waals surface area (Å²) in [7, 11) is 4.19. The van der Waals surface area contributed by atoms with Crippen molar-refractivity contribution in [3.63, 3.8) is 0 Å². The van der Waals surface area contributed by atoms with Crippen LogP contribution >= 0.6 is 0 Å². The zero-order valence-corrected chi connectivity index (χ0v) is 12.2. The Kier molecular flexibility index (Phi) is 3.60. The third-order valence-electron chi connectivity index (χ3n) is 4.36. The van der Waals surface area contributed by atoms with E-state index in [-0.39, 0.29) is 5.83 Å². The van der Waals surface area contributed by atoms with Gasteiger partial charge in [-0.15, -0.1) is 0 Å². The molecular weight excluding hydrogens is 251 g/mol. The quantitative estimate of drug-likeness (QED) is 0.737. The van der Waals surface area contributed by atoms with Gasteiger partial charge in [0.05, 0.1) is 0 Å². The van der Waals surface area contributed by atoms with E-state index >= 15 is 0 Å². The molecule has 1 aliphatic heterocycles. The Bertz CT molecular complexity index is 562. The van der Waals surface area contributed by atoms with Gasteiger partial charge in [0.2, 0.25) is 0 Å². The second-order valence-corrected chi connectivity index (χ2v) is 5.95. The molecule has 0 aromatic rings. The average Bonchev–Trinajstić information content (AvgIpc) is 2.47. The molecule has 0 radical (unpaired) electrons. The van der Waals surface area contributed by atoms with E-state index in [1.165, 1.54) is 17.0 Å². The largest absolute Gasteiger partial charge is 0.381 e. The number of aliphatic imine (C=N–C) groups is 1. The normalized spacial score (nSPS) is 25.8. The van der Waals surface area contributed by atoms with Crippen LogP contribution in [0.4, 0.5) is 4.39 Å². The van der Waals surface area contributed by atoms with Crippen LogP contribution in [0.2, 0.25) is 0 Å². The monoisotopic (exact) mass is 272 g/mol. The minimum atomic E-state index is -0.0153. The van der Waals surface area contributed by atoms with Crippen molar-refractivity contribution in [3.8, 4) is 0 Å². The minimum absolute atomic E-state index is 0.0153.